The van der Waals surface area contributed by atoms with Gasteiger partial charge >= 0.3 is 0 Å². The van der Waals surface area contributed by atoms with Gasteiger partial charge in [-0.25, -0.2) is 0 Å². The molecular formula is C16H18N6O4. The Kier molecular flexibility index (Phi) is 8.80. The summed E-state index contributed by atoms with van der Waals surface area (Å²) in [6.07, 6.45) is 1.20. The molecule has 0 atom stereocenters. The van der Waals surface area contributed by atoms with Crippen molar-refractivity contribution in [3.05, 3.63) is 90.3 Å². The zero-order valence-electron chi connectivity index (χ0n) is 13.9. The average molecular weight is 358 g/mol. The van der Waals surface area contributed by atoms with Crippen molar-refractivity contribution in [1.29, 1.82) is 0 Å². The van der Waals surface area contributed by atoms with Gasteiger partial charge in [-0.15, -0.1) is 0 Å². The fourth-order valence-corrected chi connectivity index (χ4v) is 2.04. The van der Waals surface area contributed by atoms with Crippen LogP contribution < -0.4 is 5.73 Å². The number of hydrogen-bond donors (Lipinski definition) is 1. The molecule has 0 spiro atoms. The first-order valence-electron chi connectivity index (χ1n) is 7.65. The quantitative estimate of drug-likeness (QED) is 0.263. The molecule has 0 aromatic heterocycles. The third-order valence-electron chi connectivity index (χ3n) is 3.24. The van der Waals surface area contributed by atoms with E-state index in [1.54, 1.807) is 24.3 Å². The molecule has 2 aromatic rings. The van der Waals surface area contributed by atoms with E-state index in [-0.39, 0.29) is 11.4 Å². The zero-order chi connectivity index (χ0) is 19.4. The van der Waals surface area contributed by atoms with Gasteiger partial charge in [0.2, 0.25) is 0 Å². The lowest BCUT2D eigenvalue weighted by molar-refractivity contribution is -0.385. The van der Waals surface area contributed by atoms with Crippen molar-refractivity contribution in [1.82, 2.24) is 0 Å². The molecule has 2 rings (SSSR count). The highest BCUT2D eigenvalue weighted by Gasteiger charge is 2.05. The number of nitro groups is 2. The van der Waals surface area contributed by atoms with Gasteiger partial charge in [-0.05, 0) is 36.0 Å². The van der Waals surface area contributed by atoms with Crippen molar-refractivity contribution < 1.29 is 9.85 Å². The molecule has 0 saturated heterocycles. The number of benzene rings is 2. The summed E-state index contributed by atoms with van der Waals surface area (Å²) in [5.74, 6) is 0. The maximum Gasteiger partial charge on any atom is 0.269 e. The normalized spacial score (nSPS) is 9.42. The van der Waals surface area contributed by atoms with E-state index >= 15 is 0 Å². The molecule has 0 bridgehead atoms. The monoisotopic (exact) mass is 358 g/mol. The van der Waals surface area contributed by atoms with Crippen molar-refractivity contribution in [3.8, 4) is 0 Å². The molecule has 0 aliphatic carbocycles. The standard InChI is InChI=1S/C8H8N4O2.C8H10N2O2/c9-11-10-5-4-7-2-1-3-8(6-7)12(13)14;9-5-4-7-2-1-3-8(6-7)10(11)12/h1-3,6H,4-5H2;1-3,6H,4-5,9H2. The van der Waals surface area contributed by atoms with Crippen molar-refractivity contribution in [2.75, 3.05) is 13.1 Å². The van der Waals surface area contributed by atoms with Crippen LogP contribution in [0.4, 0.5) is 11.4 Å². The number of azide groups is 1. The largest absolute Gasteiger partial charge is 0.330 e. The molecule has 2 N–H and O–H groups in total. The van der Waals surface area contributed by atoms with E-state index in [1.807, 2.05) is 6.07 Å². The van der Waals surface area contributed by atoms with Crippen molar-refractivity contribution >= 4 is 11.4 Å². The van der Waals surface area contributed by atoms with Crippen LogP contribution in [0.2, 0.25) is 0 Å². The van der Waals surface area contributed by atoms with Crippen LogP contribution in [0.1, 0.15) is 11.1 Å². The van der Waals surface area contributed by atoms with Crippen LogP contribution in [-0.2, 0) is 12.8 Å². The Hall–Kier alpha value is -3.49. The Morgan fingerprint density at radius 2 is 1.46 bits per heavy atom. The molecule has 0 radical (unpaired) electrons. The van der Waals surface area contributed by atoms with Crippen LogP contribution in [-0.4, -0.2) is 22.9 Å². The van der Waals surface area contributed by atoms with Crippen LogP contribution in [0.3, 0.4) is 0 Å². The minimum atomic E-state index is -0.447. The predicted molar refractivity (Wildman–Crippen MR) is 96.7 cm³/mol. The van der Waals surface area contributed by atoms with Gasteiger partial charge in [-0.1, -0.05) is 29.4 Å². The van der Waals surface area contributed by atoms with Crippen LogP contribution in [0.25, 0.3) is 10.4 Å². The third kappa shape index (κ3) is 7.39. The first kappa shape index (κ1) is 20.6. The summed E-state index contributed by atoms with van der Waals surface area (Å²) in [4.78, 5) is 22.5. The molecule has 0 amide bonds. The first-order valence-corrected chi connectivity index (χ1v) is 7.65. The SMILES string of the molecule is NCCc1cccc([N+](=O)[O-])c1.[N-]=[N+]=NCCc1cccc([N+](=O)[O-])c1. The van der Waals surface area contributed by atoms with Crippen molar-refractivity contribution in [2.45, 2.75) is 12.8 Å². The van der Waals surface area contributed by atoms with Gasteiger partial charge in [0.05, 0.1) is 9.85 Å². The number of non-ortho nitro benzene ring substituents is 2. The van der Waals surface area contributed by atoms with Crippen LogP contribution >= 0.6 is 0 Å². The smallest absolute Gasteiger partial charge is 0.269 e. The highest BCUT2D eigenvalue weighted by atomic mass is 16.6. The number of rotatable bonds is 7. The Morgan fingerprint density at radius 1 is 0.962 bits per heavy atom. The van der Waals surface area contributed by atoms with E-state index in [9.17, 15) is 20.2 Å². The zero-order valence-corrected chi connectivity index (χ0v) is 13.9. The third-order valence-corrected chi connectivity index (χ3v) is 3.24. The van der Waals surface area contributed by atoms with Gasteiger partial charge < -0.3 is 5.73 Å². The molecular weight excluding hydrogens is 340 g/mol. The molecule has 10 heteroatoms. The minimum Gasteiger partial charge on any atom is -0.330 e. The average Bonchev–Trinajstić information content (AvgIpc) is 2.63. The van der Waals surface area contributed by atoms with Gasteiger partial charge in [0.25, 0.3) is 11.4 Å². The van der Waals surface area contributed by atoms with Crippen LogP contribution in [0.5, 0.6) is 0 Å². The topological polar surface area (TPSA) is 161 Å². The Balaban J connectivity index is 0.000000263. The minimum absolute atomic E-state index is 0.0587. The highest BCUT2D eigenvalue weighted by molar-refractivity contribution is 5.35. The fraction of sp³-hybridized carbons (Fsp3) is 0.250. The maximum absolute atomic E-state index is 10.4. The van der Waals surface area contributed by atoms with E-state index < -0.39 is 9.85 Å². The van der Waals surface area contributed by atoms with E-state index in [0.29, 0.717) is 25.9 Å². The second-order valence-electron chi connectivity index (χ2n) is 5.10. The molecule has 0 fully saturated rings. The second kappa shape index (κ2) is 11.1. The van der Waals surface area contributed by atoms with E-state index in [0.717, 1.165) is 11.1 Å². The Labute approximate surface area is 149 Å². The summed E-state index contributed by atoms with van der Waals surface area (Å²) in [7, 11) is 0. The lowest BCUT2D eigenvalue weighted by atomic mass is 10.1. The predicted octanol–water partition coefficient (Wildman–Crippen LogP) is 3.54. The summed E-state index contributed by atoms with van der Waals surface area (Å²) >= 11 is 0. The summed E-state index contributed by atoms with van der Waals surface area (Å²) in [6, 6.07) is 12.8. The van der Waals surface area contributed by atoms with Crippen LogP contribution in [0.15, 0.2) is 53.6 Å². The molecule has 0 saturated carbocycles. The molecule has 10 nitrogen and oxygen atoms in total. The van der Waals surface area contributed by atoms with Gasteiger partial charge in [0.1, 0.15) is 0 Å². The number of nitrogens with two attached hydrogens (primary N) is 1. The molecule has 0 unspecified atom stereocenters. The molecule has 136 valence electrons. The number of nitro benzene ring substituents is 2. The molecule has 2 aromatic carbocycles. The second-order valence-corrected chi connectivity index (χ2v) is 5.10. The Bertz CT molecular complexity index is 805. The van der Waals surface area contributed by atoms with Gasteiger partial charge in [-0.2, -0.15) is 0 Å². The van der Waals surface area contributed by atoms with Gasteiger partial charge in [0.15, 0.2) is 0 Å². The summed E-state index contributed by atoms with van der Waals surface area (Å²) in [5.41, 5.74) is 15.2. The summed E-state index contributed by atoms with van der Waals surface area (Å²) < 4.78 is 0. The summed E-state index contributed by atoms with van der Waals surface area (Å²) in [6.45, 7) is 0.832. The van der Waals surface area contributed by atoms with Crippen LogP contribution in [0, 0.1) is 20.2 Å². The summed E-state index contributed by atoms with van der Waals surface area (Å²) in [5, 5.41) is 24.1. The number of hydrogen-bond acceptors (Lipinski definition) is 6. The molecule has 0 aliphatic heterocycles. The fourth-order valence-electron chi connectivity index (χ4n) is 2.04. The lowest BCUT2D eigenvalue weighted by Crippen LogP contribution is -2.02. The Morgan fingerprint density at radius 3 is 1.88 bits per heavy atom. The highest BCUT2D eigenvalue weighted by Crippen LogP contribution is 2.14. The van der Waals surface area contributed by atoms with E-state index in [4.69, 9.17) is 11.3 Å². The van der Waals surface area contributed by atoms with Crippen molar-refractivity contribution in [2.24, 2.45) is 10.8 Å². The molecule has 26 heavy (non-hydrogen) atoms. The maximum atomic E-state index is 10.4. The molecule has 0 aliphatic rings. The van der Waals surface area contributed by atoms with Crippen molar-refractivity contribution in [3.63, 3.8) is 0 Å². The van der Waals surface area contributed by atoms with Gasteiger partial charge in [-0.3, -0.25) is 20.2 Å². The van der Waals surface area contributed by atoms with E-state index in [2.05, 4.69) is 10.0 Å². The lowest BCUT2D eigenvalue weighted by Gasteiger charge is -1.96. The first-order chi connectivity index (χ1) is 12.5. The number of nitrogens with zero attached hydrogens (tertiary/aromatic N) is 5. The molecule has 0 heterocycles. The van der Waals surface area contributed by atoms with Gasteiger partial charge in [0, 0.05) is 35.7 Å². The van der Waals surface area contributed by atoms with E-state index in [1.165, 1.54) is 18.2 Å².